The van der Waals surface area contributed by atoms with E-state index in [1.807, 2.05) is 0 Å². The summed E-state index contributed by atoms with van der Waals surface area (Å²) in [4.78, 5) is 13.9. The molecule has 0 aromatic heterocycles. The molecule has 0 amide bonds. The first kappa shape index (κ1) is 20.4. The van der Waals surface area contributed by atoms with Crippen molar-refractivity contribution in [2.45, 2.75) is 18.9 Å². The Balaban J connectivity index is -0.000000340. The van der Waals surface area contributed by atoms with E-state index in [9.17, 15) is 4.79 Å². The number of carboxylic acid groups (broad SMARTS) is 1. The lowest BCUT2D eigenvalue weighted by Gasteiger charge is -2.03. The van der Waals surface area contributed by atoms with Crippen molar-refractivity contribution in [3.63, 3.8) is 0 Å². The Morgan fingerprint density at radius 3 is 2.00 bits per heavy atom. The Morgan fingerprint density at radius 1 is 1.29 bits per heavy atom. The van der Waals surface area contributed by atoms with Crippen LogP contribution in [0.3, 0.4) is 0 Å². The highest BCUT2D eigenvalue weighted by Gasteiger charge is 2.09. The first-order chi connectivity index (χ1) is 7.27. The highest BCUT2D eigenvalue weighted by molar-refractivity contribution is 5.75. The van der Waals surface area contributed by atoms with Gasteiger partial charge in [0.2, 0.25) is 0 Å². The van der Waals surface area contributed by atoms with E-state index in [0.717, 1.165) is 0 Å². The Bertz CT molecular complexity index is 246. The van der Waals surface area contributed by atoms with Gasteiger partial charge < -0.3 is 39.9 Å². The van der Waals surface area contributed by atoms with Crippen LogP contribution in [0, 0.1) is 5.41 Å². The van der Waals surface area contributed by atoms with E-state index in [-0.39, 0.29) is 18.1 Å². The lowest BCUT2D eigenvalue weighted by Crippen LogP contribution is -2.30. The fraction of sp³-hybridized carbons (Fsp3) is 0.571. The first-order valence-corrected chi connectivity index (χ1v) is 4.40. The SMILES string of the molecule is N.N=C(N)N.NC(N)=NCCC[C@H](N)C(=O)O. The minimum absolute atomic E-state index is 0. The number of aliphatic imine (C=N–C) groups is 1. The van der Waals surface area contributed by atoms with E-state index >= 15 is 0 Å². The number of aliphatic carboxylic acids is 1. The minimum atomic E-state index is -1.00. The second-order valence-electron chi connectivity index (χ2n) is 2.85. The molecule has 0 aromatic rings. The average Bonchev–Trinajstić information content (AvgIpc) is 2.10. The summed E-state index contributed by atoms with van der Waals surface area (Å²) in [5.74, 6) is -1.32. The molecular weight excluding hydrogens is 228 g/mol. The number of nitrogens with one attached hydrogen (secondary N) is 1. The van der Waals surface area contributed by atoms with Gasteiger partial charge in [0.1, 0.15) is 6.04 Å². The molecule has 0 rings (SSSR count). The molecule has 15 N–H and O–H groups in total. The van der Waals surface area contributed by atoms with Crippen molar-refractivity contribution < 1.29 is 9.90 Å². The molecule has 0 saturated heterocycles. The van der Waals surface area contributed by atoms with Crippen LogP contribution in [0.5, 0.6) is 0 Å². The average molecular weight is 250 g/mol. The molecule has 0 heterocycles. The fourth-order valence-corrected chi connectivity index (χ4v) is 0.643. The highest BCUT2D eigenvalue weighted by Crippen LogP contribution is 1.94. The second kappa shape index (κ2) is 12.0. The van der Waals surface area contributed by atoms with Crippen molar-refractivity contribution in [3.05, 3.63) is 0 Å². The lowest BCUT2D eigenvalue weighted by atomic mass is 10.2. The maximum absolute atomic E-state index is 10.2. The van der Waals surface area contributed by atoms with Crippen LogP contribution in [0.15, 0.2) is 4.99 Å². The topological polar surface area (TPSA) is 239 Å². The number of nitrogens with two attached hydrogens (primary N) is 5. The molecule has 0 aromatic carbocycles. The zero-order valence-electron chi connectivity index (χ0n) is 9.60. The van der Waals surface area contributed by atoms with E-state index in [4.69, 9.17) is 27.7 Å². The quantitative estimate of drug-likeness (QED) is 0.146. The van der Waals surface area contributed by atoms with Crippen LogP contribution in [-0.4, -0.2) is 35.6 Å². The summed E-state index contributed by atoms with van der Waals surface area (Å²) in [5, 5.41) is 14.4. The van der Waals surface area contributed by atoms with Gasteiger partial charge in [-0.05, 0) is 12.8 Å². The highest BCUT2D eigenvalue weighted by atomic mass is 16.4. The molecule has 0 aliphatic carbocycles. The molecule has 0 unspecified atom stereocenters. The number of guanidine groups is 2. The van der Waals surface area contributed by atoms with Gasteiger partial charge in [-0.1, -0.05) is 0 Å². The van der Waals surface area contributed by atoms with Crippen LogP contribution in [0.4, 0.5) is 0 Å². The van der Waals surface area contributed by atoms with Gasteiger partial charge in [-0.2, -0.15) is 0 Å². The van der Waals surface area contributed by atoms with Gasteiger partial charge in [0.15, 0.2) is 11.9 Å². The molecule has 1 atom stereocenters. The van der Waals surface area contributed by atoms with Gasteiger partial charge in [0.05, 0.1) is 0 Å². The Labute approximate surface area is 99.3 Å². The van der Waals surface area contributed by atoms with Crippen molar-refractivity contribution in [2.75, 3.05) is 6.54 Å². The minimum Gasteiger partial charge on any atom is -0.480 e. The summed E-state index contributed by atoms with van der Waals surface area (Å²) in [5.41, 5.74) is 24.3. The third-order valence-corrected chi connectivity index (χ3v) is 1.28. The molecule has 0 bridgehead atoms. The molecular formula is C7H22N8O2. The third kappa shape index (κ3) is 24.9. The van der Waals surface area contributed by atoms with E-state index in [0.29, 0.717) is 19.4 Å². The molecule has 0 radical (unpaired) electrons. The maximum atomic E-state index is 10.2. The maximum Gasteiger partial charge on any atom is 0.320 e. The largest absolute Gasteiger partial charge is 0.480 e. The van der Waals surface area contributed by atoms with Crippen LogP contribution in [0.2, 0.25) is 0 Å². The third-order valence-electron chi connectivity index (χ3n) is 1.28. The molecule has 10 heteroatoms. The van der Waals surface area contributed by atoms with E-state index in [1.54, 1.807) is 0 Å². The van der Waals surface area contributed by atoms with Crippen molar-refractivity contribution in [1.29, 1.82) is 5.41 Å². The van der Waals surface area contributed by atoms with E-state index in [1.165, 1.54) is 0 Å². The van der Waals surface area contributed by atoms with Crippen molar-refractivity contribution in [1.82, 2.24) is 6.15 Å². The number of carbonyl (C=O) groups is 1. The van der Waals surface area contributed by atoms with Crippen molar-refractivity contribution in [2.24, 2.45) is 33.7 Å². The molecule has 0 fully saturated rings. The van der Waals surface area contributed by atoms with E-state index < -0.39 is 12.0 Å². The molecule has 0 aliphatic heterocycles. The van der Waals surface area contributed by atoms with Crippen LogP contribution < -0.4 is 34.8 Å². The normalized spacial score (nSPS) is 9.94. The van der Waals surface area contributed by atoms with Gasteiger partial charge in [-0.25, -0.2) is 0 Å². The van der Waals surface area contributed by atoms with Gasteiger partial charge in [0, 0.05) is 6.54 Å². The second-order valence-corrected chi connectivity index (χ2v) is 2.85. The van der Waals surface area contributed by atoms with Gasteiger partial charge in [-0.3, -0.25) is 15.2 Å². The predicted octanol–water partition coefficient (Wildman–Crippen LogP) is -2.55. The number of hydrogen-bond donors (Lipinski definition) is 8. The van der Waals surface area contributed by atoms with Crippen LogP contribution in [-0.2, 0) is 4.79 Å². The summed E-state index contributed by atoms with van der Waals surface area (Å²) < 4.78 is 0. The molecule has 17 heavy (non-hydrogen) atoms. The van der Waals surface area contributed by atoms with Crippen molar-refractivity contribution in [3.8, 4) is 0 Å². The Hall–Kier alpha value is -2.07. The Morgan fingerprint density at radius 2 is 1.71 bits per heavy atom. The zero-order chi connectivity index (χ0) is 13.1. The molecule has 0 aliphatic rings. The summed E-state index contributed by atoms with van der Waals surface area (Å²) in [6.45, 7) is 0.420. The molecule has 0 spiro atoms. The first-order valence-electron chi connectivity index (χ1n) is 4.40. The van der Waals surface area contributed by atoms with Crippen LogP contribution in [0.25, 0.3) is 0 Å². The van der Waals surface area contributed by atoms with Crippen molar-refractivity contribution >= 4 is 17.9 Å². The van der Waals surface area contributed by atoms with Gasteiger partial charge in [-0.15, -0.1) is 0 Å². The van der Waals surface area contributed by atoms with Crippen LogP contribution >= 0.6 is 0 Å². The number of nitrogens with zero attached hydrogens (tertiary/aromatic N) is 1. The summed E-state index contributed by atoms with van der Waals surface area (Å²) in [7, 11) is 0. The number of carboxylic acids is 1. The summed E-state index contributed by atoms with van der Waals surface area (Å²) >= 11 is 0. The molecule has 102 valence electrons. The zero-order valence-corrected chi connectivity index (χ0v) is 9.60. The van der Waals surface area contributed by atoms with E-state index in [2.05, 4.69) is 16.5 Å². The monoisotopic (exact) mass is 250 g/mol. The Kier molecular flexibility index (Phi) is 14.4. The van der Waals surface area contributed by atoms with Gasteiger partial charge >= 0.3 is 5.97 Å². The molecule has 10 nitrogen and oxygen atoms in total. The summed E-state index contributed by atoms with van der Waals surface area (Å²) in [6.07, 6.45) is 0.956. The standard InChI is InChI=1S/C6H14N4O2.CH5N3.H3N/c7-4(5(11)12)2-1-3-10-6(8)9;2-1(3)4;/h4H,1-3,7H2,(H,11,12)(H4,8,9,10);(H5,2,3,4);1H3/t4-;;/m0../s1. The van der Waals surface area contributed by atoms with Gasteiger partial charge in [0.25, 0.3) is 0 Å². The smallest absolute Gasteiger partial charge is 0.320 e. The number of rotatable bonds is 5. The predicted molar refractivity (Wildman–Crippen MR) is 66.6 cm³/mol. The lowest BCUT2D eigenvalue weighted by molar-refractivity contribution is -0.138. The fourth-order valence-electron chi connectivity index (χ4n) is 0.643. The van der Waals surface area contributed by atoms with Crippen LogP contribution in [0.1, 0.15) is 12.8 Å². The molecule has 0 saturated carbocycles. The summed E-state index contributed by atoms with van der Waals surface area (Å²) in [6, 6.07) is -0.820. The number of hydrogen-bond acceptors (Lipinski definition) is 5.